The number of hydrogen-bond donors (Lipinski definition) is 0. The Morgan fingerprint density at radius 3 is 2.29 bits per heavy atom. The molecule has 0 N–H and O–H groups in total. The summed E-state index contributed by atoms with van der Waals surface area (Å²) in [6.07, 6.45) is 7.44. The predicted molar refractivity (Wildman–Crippen MR) is 74.2 cm³/mol. The Hall–Kier alpha value is -1.50. The molecule has 1 aliphatic rings. The molecule has 0 fully saturated rings. The molecule has 17 heavy (non-hydrogen) atoms. The molecule has 0 bridgehead atoms. The van der Waals surface area contributed by atoms with Crippen LogP contribution in [0.4, 0.5) is 0 Å². The SMILES string of the molecule is CC.Cc1ccc(OC2=CCC(C)C=C2)cc1. The standard InChI is InChI=1S/C14H16O.C2H6/c1-11-3-7-13(8-4-11)15-14-9-5-12(2)6-10-14;1-2/h3-5,7-10,12H,6H2,1-2H3;1-2H3. The average Bonchev–Trinajstić information content (AvgIpc) is 2.37. The minimum Gasteiger partial charge on any atom is -0.458 e. The summed E-state index contributed by atoms with van der Waals surface area (Å²) in [5.41, 5.74) is 1.25. The molecular formula is C16H22O. The van der Waals surface area contributed by atoms with Crippen LogP contribution in [0.3, 0.4) is 0 Å². The van der Waals surface area contributed by atoms with Crippen LogP contribution in [0.2, 0.25) is 0 Å². The number of hydrogen-bond acceptors (Lipinski definition) is 1. The third-order valence-electron chi connectivity index (χ3n) is 2.54. The van der Waals surface area contributed by atoms with E-state index in [9.17, 15) is 0 Å². The fraction of sp³-hybridized carbons (Fsp3) is 0.375. The Kier molecular flexibility index (Phi) is 5.55. The molecule has 0 aliphatic heterocycles. The first kappa shape index (κ1) is 13.6. The van der Waals surface area contributed by atoms with Gasteiger partial charge in [0.05, 0.1) is 0 Å². The van der Waals surface area contributed by atoms with E-state index < -0.39 is 0 Å². The maximum Gasteiger partial charge on any atom is 0.127 e. The lowest BCUT2D eigenvalue weighted by Crippen LogP contribution is -1.99. The highest BCUT2D eigenvalue weighted by molar-refractivity contribution is 5.30. The van der Waals surface area contributed by atoms with Crippen molar-refractivity contribution in [2.24, 2.45) is 5.92 Å². The molecule has 1 aliphatic carbocycles. The molecule has 0 aromatic heterocycles. The molecule has 1 nitrogen and oxygen atoms in total. The summed E-state index contributed by atoms with van der Waals surface area (Å²) in [6.45, 7) is 8.28. The smallest absolute Gasteiger partial charge is 0.127 e. The van der Waals surface area contributed by atoms with Gasteiger partial charge in [0.15, 0.2) is 0 Å². The number of ether oxygens (including phenoxy) is 1. The molecule has 1 unspecified atom stereocenters. The Morgan fingerprint density at radius 2 is 1.76 bits per heavy atom. The van der Waals surface area contributed by atoms with Gasteiger partial charge in [-0.05, 0) is 43.5 Å². The van der Waals surface area contributed by atoms with Crippen LogP contribution in [0.5, 0.6) is 5.75 Å². The molecule has 1 aromatic rings. The zero-order chi connectivity index (χ0) is 12.7. The van der Waals surface area contributed by atoms with Gasteiger partial charge in [-0.15, -0.1) is 0 Å². The summed E-state index contributed by atoms with van der Waals surface area (Å²) >= 11 is 0. The summed E-state index contributed by atoms with van der Waals surface area (Å²) in [7, 11) is 0. The van der Waals surface area contributed by atoms with Gasteiger partial charge >= 0.3 is 0 Å². The van der Waals surface area contributed by atoms with E-state index in [4.69, 9.17) is 4.74 Å². The van der Waals surface area contributed by atoms with E-state index in [1.165, 1.54) is 5.56 Å². The molecule has 0 heterocycles. The van der Waals surface area contributed by atoms with Crippen molar-refractivity contribution in [3.05, 3.63) is 53.8 Å². The maximum atomic E-state index is 5.73. The summed E-state index contributed by atoms with van der Waals surface area (Å²) < 4.78 is 5.73. The maximum absolute atomic E-state index is 5.73. The molecule has 1 atom stereocenters. The fourth-order valence-electron chi connectivity index (χ4n) is 1.53. The second kappa shape index (κ2) is 6.95. The van der Waals surface area contributed by atoms with Crippen molar-refractivity contribution >= 4 is 0 Å². The Labute approximate surface area is 105 Å². The second-order valence-corrected chi connectivity index (χ2v) is 4.09. The number of aryl methyl sites for hydroxylation is 1. The summed E-state index contributed by atoms with van der Waals surface area (Å²) in [5.74, 6) is 2.50. The van der Waals surface area contributed by atoms with E-state index in [0.717, 1.165) is 17.9 Å². The average molecular weight is 230 g/mol. The molecule has 0 spiro atoms. The van der Waals surface area contributed by atoms with Gasteiger partial charge in [0.25, 0.3) is 0 Å². The predicted octanol–water partition coefficient (Wildman–Crippen LogP) is 4.88. The molecule has 1 aromatic carbocycles. The van der Waals surface area contributed by atoms with Crippen LogP contribution in [0.1, 0.15) is 32.8 Å². The highest BCUT2D eigenvalue weighted by atomic mass is 16.5. The van der Waals surface area contributed by atoms with Crippen LogP contribution in [0.15, 0.2) is 48.3 Å². The quantitative estimate of drug-likeness (QED) is 0.703. The Morgan fingerprint density at radius 1 is 1.12 bits per heavy atom. The third-order valence-corrected chi connectivity index (χ3v) is 2.54. The summed E-state index contributed by atoms with van der Waals surface area (Å²) in [4.78, 5) is 0. The number of benzene rings is 1. The molecule has 1 heteroatoms. The van der Waals surface area contributed by atoms with Gasteiger partial charge in [0.1, 0.15) is 11.5 Å². The molecule has 2 rings (SSSR count). The fourth-order valence-corrected chi connectivity index (χ4v) is 1.53. The first-order valence-corrected chi connectivity index (χ1v) is 6.37. The normalized spacial score (nSPS) is 17.9. The number of rotatable bonds is 2. The number of allylic oxidation sites excluding steroid dienone is 3. The van der Waals surface area contributed by atoms with Gasteiger partial charge < -0.3 is 4.74 Å². The van der Waals surface area contributed by atoms with Crippen LogP contribution in [0.25, 0.3) is 0 Å². The van der Waals surface area contributed by atoms with Crippen molar-refractivity contribution in [3.63, 3.8) is 0 Å². The van der Waals surface area contributed by atoms with E-state index in [0.29, 0.717) is 5.92 Å². The van der Waals surface area contributed by atoms with Crippen LogP contribution in [-0.2, 0) is 0 Å². The summed E-state index contributed by atoms with van der Waals surface area (Å²) in [5, 5.41) is 0. The van der Waals surface area contributed by atoms with E-state index in [2.05, 4.69) is 38.1 Å². The van der Waals surface area contributed by atoms with Crippen molar-refractivity contribution in [2.45, 2.75) is 34.1 Å². The van der Waals surface area contributed by atoms with Crippen molar-refractivity contribution in [1.82, 2.24) is 0 Å². The lowest BCUT2D eigenvalue weighted by molar-refractivity contribution is 0.435. The van der Waals surface area contributed by atoms with E-state index >= 15 is 0 Å². The van der Waals surface area contributed by atoms with E-state index in [1.807, 2.05) is 32.1 Å². The second-order valence-electron chi connectivity index (χ2n) is 4.09. The highest BCUT2D eigenvalue weighted by Gasteiger charge is 2.04. The third kappa shape index (κ3) is 4.48. The molecule has 0 radical (unpaired) electrons. The molecule has 0 saturated heterocycles. The van der Waals surface area contributed by atoms with Crippen LogP contribution >= 0.6 is 0 Å². The van der Waals surface area contributed by atoms with Gasteiger partial charge in [-0.1, -0.05) is 44.5 Å². The minimum atomic E-state index is 0.635. The molecule has 92 valence electrons. The molecule has 0 amide bonds. The Balaban J connectivity index is 0.000000686. The van der Waals surface area contributed by atoms with Gasteiger partial charge in [-0.3, -0.25) is 0 Å². The first-order chi connectivity index (χ1) is 8.24. The highest BCUT2D eigenvalue weighted by Crippen LogP contribution is 2.20. The molecule has 0 saturated carbocycles. The van der Waals surface area contributed by atoms with Gasteiger partial charge in [0, 0.05) is 0 Å². The largest absolute Gasteiger partial charge is 0.458 e. The monoisotopic (exact) mass is 230 g/mol. The van der Waals surface area contributed by atoms with Crippen molar-refractivity contribution in [3.8, 4) is 5.75 Å². The molecular weight excluding hydrogens is 208 g/mol. The zero-order valence-corrected chi connectivity index (χ0v) is 11.2. The van der Waals surface area contributed by atoms with Crippen molar-refractivity contribution in [1.29, 1.82) is 0 Å². The lowest BCUT2D eigenvalue weighted by atomic mass is 10.0. The van der Waals surface area contributed by atoms with Gasteiger partial charge in [-0.25, -0.2) is 0 Å². The van der Waals surface area contributed by atoms with Crippen molar-refractivity contribution in [2.75, 3.05) is 0 Å². The van der Waals surface area contributed by atoms with E-state index in [1.54, 1.807) is 0 Å². The van der Waals surface area contributed by atoms with Crippen molar-refractivity contribution < 1.29 is 4.74 Å². The minimum absolute atomic E-state index is 0.635. The Bertz CT molecular complexity index is 384. The topological polar surface area (TPSA) is 9.23 Å². The van der Waals surface area contributed by atoms with Crippen LogP contribution < -0.4 is 4.74 Å². The first-order valence-electron chi connectivity index (χ1n) is 6.37. The summed E-state index contributed by atoms with van der Waals surface area (Å²) in [6, 6.07) is 8.13. The van der Waals surface area contributed by atoms with Gasteiger partial charge in [-0.2, -0.15) is 0 Å². The zero-order valence-electron chi connectivity index (χ0n) is 11.2. The van der Waals surface area contributed by atoms with Crippen LogP contribution in [-0.4, -0.2) is 0 Å². The van der Waals surface area contributed by atoms with Gasteiger partial charge in [0.2, 0.25) is 0 Å². The van der Waals surface area contributed by atoms with Crippen LogP contribution in [0, 0.1) is 12.8 Å². The van der Waals surface area contributed by atoms with E-state index in [-0.39, 0.29) is 0 Å². The lowest BCUT2D eigenvalue weighted by Gasteiger charge is -2.12.